The van der Waals surface area contributed by atoms with E-state index in [1.54, 1.807) is 4.90 Å². The summed E-state index contributed by atoms with van der Waals surface area (Å²) in [6, 6.07) is 29.8. The van der Waals surface area contributed by atoms with Gasteiger partial charge < -0.3 is 14.9 Å². The van der Waals surface area contributed by atoms with Crippen LogP contribution in [0.15, 0.2) is 91.0 Å². The van der Waals surface area contributed by atoms with Gasteiger partial charge in [-0.1, -0.05) is 105 Å². The molecule has 3 aliphatic heterocycles. The van der Waals surface area contributed by atoms with Crippen molar-refractivity contribution in [3.05, 3.63) is 108 Å². The molecule has 0 bridgehead atoms. The average Bonchev–Trinajstić information content (AvgIpc) is 3.67. The molecule has 0 saturated carbocycles. The van der Waals surface area contributed by atoms with Crippen LogP contribution in [0, 0.1) is 11.3 Å². The second-order valence-electron chi connectivity index (χ2n) is 11.7. The van der Waals surface area contributed by atoms with Crippen molar-refractivity contribution in [3.8, 4) is 0 Å². The van der Waals surface area contributed by atoms with Crippen LogP contribution < -0.4 is 0 Å². The number of amides is 2. The fourth-order valence-corrected chi connectivity index (χ4v) is 6.99. The number of carboxylic acids is 1. The zero-order valence-electron chi connectivity index (χ0n) is 22.9. The summed E-state index contributed by atoms with van der Waals surface area (Å²) in [6.45, 7) is 5.39. The highest BCUT2D eigenvalue weighted by Crippen LogP contribution is 2.50. The molecule has 40 heavy (non-hydrogen) atoms. The zero-order chi connectivity index (χ0) is 28.1. The van der Waals surface area contributed by atoms with E-state index in [1.165, 1.54) is 4.90 Å². The predicted octanol–water partition coefficient (Wildman–Crippen LogP) is 3.83. The minimum Gasteiger partial charge on any atom is -0.480 e. The van der Waals surface area contributed by atoms with Crippen LogP contribution in [0.2, 0.25) is 0 Å². The van der Waals surface area contributed by atoms with Crippen molar-refractivity contribution in [2.24, 2.45) is 11.3 Å². The molecule has 206 valence electrons. The van der Waals surface area contributed by atoms with Gasteiger partial charge >= 0.3 is 5.97 Å². The van der Waals surface area contributed by atoms with Gasteiger partial charge in [-0.15, -0.1) is 0 Å². The van der Waals surface area contributed by atoms with Crippen LogP contribution in [-0.2, 0) is 19.9 Å². The Bertz CT molecular complexity index is 1310. The first-order chi connectivity index (χ1) is 19.3. The van der Waals surface area contributed by atoms with E-state index in [9.17, 15) is 19.5 Å². The van der Waals surface area contributed by atoms with Gasteiger partial charge in [-0.3, -0.25) is 14.5 Å². The monoisotopic (exact) mass is 537 g/mol. The maximum Gasteiger partial charge on any atom is 0.326 e. The first-order valence-corrected chi connectivity index (χ1v) is 14.1. The van der Waals surface area contributed by atoms with Crippen molar-refractivity contribution in [1.82, 2.24) is 14.7 Å². The average molecular weight is 538 g/mol. The number of carbonyl (C=O) groups is 3. The van der Waals surface area contributed by atoms with Crippen LogP contribution in [0.4, 0.5) is 0 Å². The lowest BCUT2D eigenvalue weighted by atomic mass is 9.76. The fraction of sp³-hybridized carbons (Fsp3) is 0.364. The molecule has 7 nitrogen and oxygen atoms in total. The van der Waals surface area contributed by atoms with E-state index in [2.05, 4.69) is 41.3 Å². The molecule has 3 aromatic rings. The standard InChI is InChI=1S/C33H35N3O4/c1-23(2)28(30(38)39)35-19-18-32(31(35)40)21-34(22-32)29(37)27-20-36(27)33(24-12-6-3-7-13-24,25-14-8-4-9-15-25)26-16-10-5-11-17-26/h3-17,23,27-28H,18-22H2,1-2H3,(H,38,39)/t27-,28+,36?/m1/s1. The van der Waals surface area contributed by atoms with Gasteiger partial charge in [0.05, 0.1) is 11.0 Å². The first kappa shape index (κ1) is 26.3. The Morgan fingerprint density at radius 1 is 0.850 bits per heavy atom. The van der Waals surface area contributed by atoms with E-state index in [4.69, 9.17) is 0 Å². The Labute approximate surface area is 235 Å². The zero-order valence-corrected chi connectivity index (χ0v) is 22.9. The molecule has 3 fully saturated rings. The summed E-state index contributed by atoms with van der Waals surface area (Å²) in [5.74, 6) is -1.25. The summed E-state index contributed by atoms with van der Waals surface area (Å²) in [5.41, 5.74) is 1.99. The lowest BCUT2D eigenvalue weighted by Gasteiger charge is -2.47. The Hall–Kier alpha value is -3.97. The molecule has 1 N–H and O–H groups in total. The van der Waals surface area contributed by atoms with Gasteiger partial charge in [0.2, 0.25) is 11.8 Å². The molecule has 3 atom stereocenters. The highest BCUT2D eigenvalue weighted by molar-refractivity contribution is 5.94. The van der Waals surface area contributed by atoms with Gasteiger partial charge in [0, 0.05) is 26.2 Å². The second kappa shape index (κ2) is 9.89. The summed E-state index contributed by atoms with van der Waals surface area (Å²) in [7, 11) is 0. The minimum absolute atomic E-state index is 0.0303. The van der Waals surface area contributed by atoms with Crippen LogP contribution >= 0.6 is 0 Å². The van der Waals surface area contributed by atoms with E-state index in [0.717, 1.165) is 16.7 Å². The number of carboxylic acid groups (broad SMARTS) is 1. The third kappa shape index (κ3) is 4.03. The summed E-state index contributed by atoms with van der Waals surface area (Å²) < 4.78 is 0. The molecule has 3 aliphatic rings. The van der Waals surface area contributed by atoms with Crippen molar-refractivity contribution < 1.29 is 19.5 Å². The number of aliphatic carboxylic acids is 1. The molecule has 1 unspecified atom stereocenters. The van der Waals surface area contributed by atoms with Gasteiger partial charge in [-0.05, 0) is 29.0 Å². The van der Waals surface area contributed by atoms with Gasteiger partial charge in [-0.2, -0.15) is 0 Å². The smallest absolute Gasteiger partial charge is 0.326 e. The van der Waals surface area contributed by atoms with Crippen molar-refractivity contribution >= 4 is 17.8 Å². The lowest BCUT2D eigenvalue weighted by Crippen LogP contribution is -2.63. The predicted molar refractivity (Wildman–Crippen MR) is 151 cm³/mol. The van der Waals surface area contributed by atoms with Gasteiger partial charge in [0.1, 0.15) is 12.1 Å². The van der Waals surface area contributed by atoms with E-state index < -0.39 is 23.0 Å². The topological polar surface area (TPSA) is 80.9 Å². The quantitative estimate of drug-likeness (QED) is 0.349. The highest BCUT2D eigenvalue weighted by Gasteiger charge is 2.62. The minimum atomic E-state index is -0.972. The molecule has 6 rings (SSSR count). The maximum atomic E-state index is 13.9. The molecule has 3 saturated heterocycles. The first-order valence-electron chi connectivity index (χ1n) is 14.1. The summed E-state index contributed by atoms with van der Waals surface area (Å²) >= 11 is 0. The SMILES string of the molecule is CC(C)[C@@H](C(=O)O)N1CCC2(CN(C(=O)[C@H]3CN3C(c3ccccc3)(c3ccccc3)c3ccccc3)C2)C1=O. The van der Waals surface area contributed by atoms with E-state index >= 15 is 0 Å². The fourth-order valence-electron chi connectivity index (χ4n) is 6.99. The van der Waals surface area contributed by atoms with E-state index in [-0.39, 0.29) is 23.8 Å². The third-order valence-corrected chi connectivity index (χ3v) is 8.97. The van der Waals surface area contributed by atoms with Crippen LogP contribution in [-0.4, -0.2) is 75.9 Å². The molecule has 7 heteroatoms. The molecule has 3 aromatic carbocycles. The van der Waals surface area contributed by atoms with E-state index in [1.807, 2.05) is 68.4 Å². The van der Waals surface area contributed by atoms with Crippen molar-refractivity contribution in [3.63, 3.8) is 0 Å². The third-order valence-electron chi connectivity index (χ3n) is 8.97. The molecule has 3 heterocycles. The molecular weight excluding hydrogens is 502 g/mol. The van der Waals surface area contributed by atoms with Crippen LogP contribution in [0.1, 0.15) is 37.0 Å². The van der Waals surface area contributed by atoms with Gasteiger partial charge in [0.25, 0.3) is 0 Å². The Kier molecular flexibility index (Phi) is 6.50. The molecule has 0 aromatic heterocycles. The van der Waals surface area contributed by atoms with Crippen molar-refractivity contribution in [2.75, 3.05) is 26.2 Å². The van der Waals surface area contributed by atoms with Gasteiger partial charge in [0.15, 0.2) is 0 Å². The largest absolute Gasteiger partial charge is 0.480 e. The lowest BCUT2D eigenvalue weighted by molar-refractivity contribution is -0.160. The van der Waals surface area contributed by atoms with Crippen molar-refractivity contribution in [2.45, 2.75) is 37.9 Å². The molecule has 2 amide bonds. The normalized spacial score (nSPS) is 22.3. The number of rotatable bonds is 8. The summed E-state index contributed by atoms with van der Waals surface area (Å²) in [5, 5.41) is 9.73. The highest BCUT2D eigenvalue weighted by atomic mass is 16.4. The maximum absolute atomic E-state index is 13.9. The molecular formula is C33H35N3O4. The Balaban J connectivity index is 1.27. The number of likely N-dealkylation sites (tertiary alicyclic amines) is 2. The van der Waals surface area contributed by atoms with Crippen LogP contribution in [0.5, 0.6) is 0 Å². The van der Waals surface area contributed by atoms with E-state index in [0.29, 0.717) is 32.6 Å². The van der Waals surface area contributed by atoms with Crippen LogP contribution in [0.3, 0.4) is 0 Å². The second-order valence-corrected chi connectivity index (χ2v) is 11.7. The number of nitrogens with zero attached hydrogens (tertiary/aromatic N) is 3. The number of hydrogen-bond donors (Lipinski definition) is 1. The van der Waals surface area contributed by atoms with Crippen molar-refractivity contribution in [1.29, 1.82) is 0 Å². The number of benzene rings is 3. The molecule has 1 spiro atoms. The summed E-state index contributed by atoms with van der Waals surface area (Å²) in [6.07, 6.45) is 0.586. The number of hydrogen-bond acceptors (Lipinski definition) is 4. The summed E-state index contributed by atoms with van der Waals surface area (Å²) in [4.78, 5) is 44.7. The van der Waals surface area contributed by atoms with Gasteiger partial charge in [-0.25, -0.2) is 4.79 Å². The molecule has 0 radical (unpaired) electrons. The molecule has 0 aliphatic carbocycles. The Morgan fingerprint density at radius 3 is 1.75 bits per heavy atom. The van der Waals surface area contributed by atoms with Crippen LogP contribution in [0.25, 0.3) is 0 Å². The Morgan fingerprint density at radius 2 is 1.32 bits per heavy atom. The number of carbonyl (C=O) groups excluding carboxylic acids is 2.